The Hall–Kier alpha value is -1.59. The summed E-state index contributed by atoms with van der Waals surface area (Å²) in [6, 6.07) is 8.38. The summed E-state index contributed by atoms with van der Waals surface area (Å²) in [5.74, 6) is -0.500. The van der Waals surface area contributed by atoms with Gasteiger partial charge in [0.1, 0.15) is 5.82 Å². The fourth-order valence-corrected chi connectivity index (χ4v) is 2.21. The Labute approximate surface area is 129 Å². The number of hydrogen-bond donors (Lipinski definition) is 2. The van der Waals surface area contributed by atoms with Gasteiger partial charge in [-0.25, -0.2) is 9.78 Å². The Morgan fingerprint density at radius 1 is 1.40 bits per heavy atom. The van der Waals surface area contributed by atoms with Crippen LogP contribution in [0.25, 0.3) is 0 Å². The van der Waals surface area contributed by atoms with E-state index in [0.29, 0.717) is 23.0 Å². The molecular weight excluding hydrogens is 344 g/mol. The molecule has 6 heteroatoms. The van der Waals surface area contributed by atoms with Crippen molar-refractivity contribution in [3.05, 3.63) is 51.1 Å². The maximum absolute atomic E-state index is 11.1. The van der Waals surface area contributed by atoms with Crippen LogP contribution < -0.4 is 5.32 Å². The number of aromatic nitrogens is 1. The van der Waals surface area contributed by atoms with Crippen LogP contribution in [0.5, 0.6) is 0 Å². The number of rotatable bonds is 4. The van der Waals surface area contributed by atoms with Gasteiger partial charge in [-0.3, -0.25) is 0 Å². The zero-order valence-corrected chi connectivity index (χ0v) is 13.0. The van der Waals surface area contributed by atoms with E-state index in [2.05, 4.69) is 26.2 Å². The zero-order valence-electron chi connectivity index (χ0n) is 10.7. The molecule has 0 amide bonds. The van der Waals surface area contributed by atoms with Crippen LogP contribution in [0.3, 0.4) is 0 Å². The number of carbonyl (C=O) groups is 1. The number of nitrogens with zero attached hydrogens (tertiary/aromatic N) is 1. The molecule has 4 nitrogen and oxygen atoms in total. The van der Waals surface area contributed by atoms with Crippen molar-refractivity contribution in [2.75, 3.05) is 5.32 Å². The average Bonchev–Trinajstić information content (AvgIpc) is 2.42. The summed E-state index contributed by atoms with van der Waals surface area (Å²) in [5.41, 5.74) is 1.65. The Balaban J connectivity index is 2.39. The third-order valence-electron chi connectivity index (χ3n) is 2.68. The number of carboxylic acids is 1. The maximum atomic E-state index is 11.1. The van der Waals surface area contributed by atoms with Crippen molar-refractivity contribution in [1.82, 2.24) is 4.98 Å². The van der Waals surface area contributed by atoms with Crippen molar-refractivity contribution in [2.24, 2.45) is 0 Å². The molecule has 0 saturated heterocycles. The lowest BCUT2D eigenvalue weighted by Crippen LogP contribution is -2.03. The van der Waals surface area contributed by atoms with E-state index in [9.17, 15) is 4.79 Å². The molecule has 0 fully saturated rings. The fraction of sp³-hybridized carbons (Fsp3) is 0.143. The quantitative estimate of drug-likeness (QED) is 0.847. The Morgan fingerprint density at radius 3 is 2.80 bits per heavy atom. The summed E-state index contributed by atoms with van der Waals surface area (Å²) in [5, 5.41) is 12.8. The van der Waals surface area contributed by atoms with Gasteiger partial charge >= 0.3 is 5.97 Å². The van der Waals surface area contributed by atoms with Crippen LogP contribution in [0.1, 0.15) is 23.0 Å². The molecule has 0 spiro atoms. The molecule has 1 heterocycles. The standard InChI is InChI=1S/C14H12BrClN2O2/c1-2-10-5-8(14(19)20)6-13(17-10)18-12-7-9(16)3-4-11(12)15/h3-7H,2H2,1H3,(H,17,18)(H,19,20). The first-order chi connectivity index (χ1) is 9.49. The van der Waals surface area contributed by atoms with Crippen molar-refractivity contribution < 1.29 is 9.90 Å². The predicted octanol–water partition coefficient (Wildman–Crippen LogP) is 4.50. The molecule has 2 rings (SSSR count). The summed E-state index contributed by atoms with van der Waals surface area (Å²) < 4.78 is 0.822. The normalized spacial score (nSPS) is 10.3. The number of aryl methyl sites for hydroxylation is 1. The largest absolute Gasteiger partial charge is 0.478 e. The van der Waals surface area contributed by atoms with Gasteiger partial charge in [0.25, 0.3) is 0 Å². The number of halogens is 2. The van der Waals surface area contributed by atoms with E-state index in [0.717, 1.165) is 10.2 Å². The summed E-state index contributed by atoms with van der Waals surface area (Å²) in [6.07, 6.45) is 0.659. The molecule has 0 saturated carbocycles. The topological polar surface area (TPSA) is 62.2 Å². The maximum Gasteiger partial charge on any atom is 0.335 e. The highest BCUT2D eigenvalue weighted by atomic mass is 79.9. The summed E-state index contributed by atoms with van der Waals surface area (Å²) in [4.78, 5) is 15.5. The number of aromatic carboxylic acids is 1. The molecule has 0 radical (unpaired) electrons. The van der Waals surface area contributed by atoms with Gasteiger partial charge in [0.2, 0.25) is 0 Å². The molecule has 2 N–H and O–H groups in total. The first-order valence-corrected chi connectivity index (χ1v) is 7.13. The van der Waals surface area contributed by atoms with Crippen molar-refractivity contribution in [2.45, 2.75) is 13.3 Å². The minimum atomic E-state index is -0.977. The van der Waals surface area contributed by atoms with Gasteiger partial charge in [-0.2, -0.15) is 0 Å². The molecule has 20 heavy (non-hydrogen) atoms. The highest BCUT2D eigenvalue weighted by Crippen LogP contribution is 2.28. The molecule has 1 aromatic heterocycles. The van der Waals surface area contributed by atoms with Gasteiger partial charge in [0.15, 0.2) is 0 Å². The smallest absolute Gasteiger partial charge is 0.335 e. The van der Waals surface area contributed by atoms with E-state index in [1.165, 1.54) is 6.07 Å². The number of carboxylic acid groups (broad SMARTS) is 1. The summed E-state index contributed by atoms with van der Waals surface area (Å²) in [7, 11) is 0. The van der Waals surface area contributed by atoms with Gasteiger partial charge in [-0.05, 0) is 52.7 Å². The van der Waals surface area contributed by atoms with Gasteiger partial charge in [-0.1, -0.05) is 18.5 Å². The van der Waals surface area contributed by atoms with Crippen LogP contribution in [0.15, 0.2) is 34.8 Å². The molecule has 104 valence electrons. The highest BCUT2D eigenvalue weighted by molar-refractivity contribution is 9.10. The second kappa shape index (κ2) is 6.24. The molecule has 0 bridgehead atoms. The molecule has 1 aromatic carbocycles. The fourth-order valence-electron chi connectivity index (χ4n) is 1.69. The second-order valence-corrected chi connectivity index (χ2v) is 5.43. The lowest BCUT2D eigenvalue weighted by Gasteiger charge is -2.10. The number of nitrogens with one attached hydrogen (secondary N) is 1. The first-order valence-electron chi connectivity index (χ1n) is 5.96. The Kier molecular flexibility index (Phi) is 4.62. The van der Waals surface area contributed by atoms with Crippen molar-refractivity contribution in [1.29, 1.82) is 0 Å². The summed E-state index contributed by atoms with van der Waals surface area (Å²) >= 11 is 9.35. The zero-order chi connectivity index (χ0) is 14.7. The van der Waals surface area contributed by atoms with Crippen molar-refractivity contribution in [3.8, 4) is 0 Å². The molecule has 0 aliphatic carbocycles. The molecule has 2 aromatic rings. The van der Waals surface area contributed by atoms with Crippen LogP contribution in [-0.4, -0.2) is 16.1 Å². The van der Waals surface area contributed by atoms with Gasteiger partial charge < -0.3 is 10.4 Å². The molecule has 0 atom stereocenters. The van der Waals surface area contributed by atoms with Crippen LogP contribution >= 0.6 is 27.5 Å². The SMILES string of the molecule is CCc1cc(C(=O)O)cc(Nc2cc(Cl)ccc2Br)n1. The lowest BCUT2D eigenvalue weighted by atomic mass is 10.2. The molecular formula is C14H12BrClN2O2. The predicted molar refractivity (Wildman–Crippen MR) is 83.0 cm³/mol. The molecule has 0 aliphatic rings. The van der Waals surface area contributed by atoms with Gasteiger partial charge in [0, 0.05) is 15.2 Å². The van der Waals surface area contributed by atoms with E-state index < -0.39 is 5.97 Å². The number of pyridine rings is 1. The van der Waals surface area contributed by atoms with Crippen LogP contribution in [0.4, 0.5) is 11.5 Å². The molecule has 0 unspecified atom stereocenters. The van der Waals surface area contributed by atoms with E-state index >= 15 is 0 Å². The average molecular weight is 356 g/mol. The van der Waals surface area contributed by atoms with Gasteiger partial charge in [-0.15, -0.1) is 0 Å². The number of anilines is 2. The number of hydrogen-bond acceptors (Lipinski definition) is 3. The van der Waals surface area contributed by atoms with Crippen molar-refractivity contribution in [3.63, 3.8) is 0 Å². The van der Waals surface area contributed by atoms with Crippen LogP contribution in [0, 0.1) is 0 Å². The van der Waals surface area contributed by atoms with Crippen LogP contribution in [-0.2, 0) is 6.42 Å². The van der Waals surface area contributed by atoms with E-state index in [1.54, 1.807) is 18.2 Å². The lowest BCUT2D eigenvalue weighted by molar-refractivity contribution is 0.0696. The number of benzene rings is 1. The molecule has 0 aliphatic heterocycles. The first kappa shape index (κ1) is 14.8. The van der Waals surface area contributed by atoms with Gasteiger partial charge in [0.05, 0.1) is 11.3 Å². The summed E-state index contributed by atoms with van der Waals surface area (Å²) in [6.45, 7) is 1.92. The highest BCUT2D eigenvalue weighted by Gasteiger charge is 2.09. The van der Waals surface area contributed by atoms with Crippen molar-refractivity contribution >= 4 is 45.0 Å². The van der Waals surface area contributed by atoms with E-state index in [1.807, 2.05) is 13.0 Å². The third kappa shape index (κ3) is 3.49. The Morgan fingerprint density at radius 2 is 2.15 bits per heavy atom. The third-order valence-corrected chi connectivity index (χ3v) is 3.61. The van der Waals surface area contributed by atoms with E-state index in [4.69, 9.17) is 16.7 Å². The monoisotopic (exact) mass is 354 g/mol. The van der Waals surface area contributed by atoms with E-state index in [-0.39, 0.29) is 5.56 Å². The Bertz CT molecular complexity index is 662. The minimum absolute atomic E-state index is 0.206. The second-order valence-electron chi connectivity index (χ2n) is 4.14. The minimum Gasteiger partial charge on any atom is -0.478 e. The van der Waals surface area contributed by atoms with Crippen LogP contribution in [0.2, 0.25) is 5.02 Å².